The summed E-state index contributed by atoms with van der Waals surface area (Å²) in [6.07, 6.45) is 3.62. The van der Waals surface area contributed by atoms with E-state index in [1.807, 2.05) is 4.57 Å². The Balaban J connectivity index is 2.01. The molecule has 102 valence electrons. The summed E-state index contributed by atoms with van der Waals surface area (Å²) in [6.45, 7) is 0. The maximum atomic E-state index is 13.8. The monoisotopic (exact) mass is 335 g/mol. The number of aromatic nitrogens is 2. The van der Waals surface area contributed by atoms with Gasteiger partial charge in [0.05, 0.1) is 4.47 Å². The van der Waals surface area contributed by atoms with Gasteiger partial charge in [-0.3, -0.25) is 4.79 Å². The molecule has 1 aliphatic carbocycles. The van der Waals surface area contributed by atoms with E-state index in [-0.39, 0.29) is 11.5 Å². The zero-order valence-electron chi connectivity index (χ0n) is 10.4. The Kier molecular flexibility index (Phi) is 2.36. The van der Waals surface area contributed by atoms with Crippen LogP contribution in [-0.2, 0) is 0 Å². The topological polar surface area (TPSA) is 60.9 Å². The van der Waals surface area contributed by atoms with Crippen molar-refractivity contribution in [3.8, 4) is 11.4 Å². The van der Waals surface area contributed by atoms with Gasteiger partial charge in [-0.05, 0) is 52.4 Å². The number of hydrogen-bond acceptors (Lipinski definition) is 2. The molecule has 2 aromatic rings. The first-order valence-electron chi connectivity index (χ1n) is 6.42. The van der Waals surface area contributed by atoms with Gasteiger partial charge in [-0.25, -0.2) is 9.37 Å². The van der Waals surface area contributed by atoms with Crippen LogP contribution < -0.4 is 5.73 Å². The predicted molar refractivity (Wildman–Crippen MR) is 74.9 cm³/mol. The van der Waals surface area contributed by atoms with E-state index in [2.05, 4.69) is 20.9 Å². The molecule has 4 nitrogen and oxygen atoms in total. The van der Waals surface area contributed by atoms with Crippen LogP contribution in [-0.4, -0.2) is 15.5 Å². The lowest BCUT2D eigenvalue weighted by molar-refractivity contribution is 0.0996. The molecule has 5 rings (SSSR count). The minimum atomic E-state index is -0.538. The van der Waals surface area contributed by atoms with Crippen molar-refractivity contribution >= 4 is 21.8 Å². The molecule has 1 aromatic heterocycles. The molecular weight excluding hydrogens is 325 g/mol. The number of carbonyl (C=O) groups is 1. The molecule has 2 aliphatic heterocycles. The van der Waals surface area contributed by atoms with Crippen LogP contribution in [0.5, 0.6) is 0 Å². The van der Waals surface area contributed by atoms with Gasteiger partial charge in [-0.2, -0.15) is 0 Å². The Bertz CT molecular complexity index is 749. The molecule has 2 bridgehead atoms. The van der Waals surface area contributed by atoms with Crippen LogP contribution in [0.3, 0.4) is 0 Å². The first kappa shape index (κ1) is 12.1. The molecule has 3 aliphatic rings. The van der Waals surface area contributed by atoms with Crippen LogP contribution in [0.15, 0.2) is 22.8 Å². The minimum absolute atomic E-state index is 0.261. The smallest absolute Gasteiger partial charge is 0.268 e. The number of primary amides is 1. The van der Waals surface area contributed by atoms with E-state index < -0.39 is 5.91 Å². The number of nitrogens with two attached hydrogens (primary N) is 1. The van der Waals surface area contributed by atoms with Crippen LogP contribution in [0.4, 0.5) is 4.39 Å². The molecule has 0 unspecified atom stereocenters. The number of hydrogen-bond donors (Lipinski definition) is 1. The summed E-state index contributed by atoms with van der Waals surface area (Å²) in [7, 11) is 0. The molecule has 0 atom stereocenters. The lowest BCUT2D eigenvalue weighted by atomic mass is 9.76. The quantitative estimate of drug-likeness (QED) is 0.870. The Morgan fingerprint density at radius 1 is 1.45 bits per heavy atom. The molecule has 0 spiro atoms. The third-order valence-electron chi connectivity index (χ3n) is 4.26. The second-order valence-electron chi connectivity index (χ2n) is 5.40. The van der Waals surface area contributed by atoms with Gasteiger partial charge in [0.1, 0.15) is 17.3 Å². The van der Waals surface area contributed by atoms with Crippen molar-refractivity contribution in [1.82, 2.24) is 9.55 Å². The summed E-state index contributed by atoms with van der Waals surface area (Å²) in [6, 6.07) is 3.65. The molecule has 3 heterocycles. The Hall–Kier alpha value is -1.69. The van der Waals surface area contributed by atoms with E-state index in [1.54, 1.807) is 18.3 Å². The van der Waals surface area contributed by atoms with E-state index in [4.69, 9.17) is 5.73 Å². The van der Waals surface area contributed by atoms with Crippen molar-refractivity contribution < 1.29 is 9.18 Å². The average Bonchev–Trinajstić information content (AvgIpc) is 2.68. The van der Waals surface area contributed by atoms with Crippen LogP contribution in [0.1, 0.15) is 40.9 Å². The summed E-state index contributed by atoms with van der Waals surface area (Å²) in [5.74, 6) is 0.280. The summed E-state index contributed by atoms with van der Waals surface area (Å²) >= 11 is 3.22. The van der Waals surface area contributed by atoms with Crippen LogP contribution in [0.25, 0.3) is 11.4 Å². The number of imidazole rings is 1. The summed E-state index contributed by atoms with van der Waals surface area (Å²) in [5.41, 5.74) is 7.43. The van der Waals surface area contributed by atoms with Gasteiger partial charge < -0.3 is 10.3 Å². The average molecular weight is 336 g/mol. The first-order chi connectivity index (χ1) is 9.54. The van der Waals surface area contributed by atoms with Gasteiger partial charge in [-0.15, -0.1) is 0 Å². The van der Waals surface area contributed by atoms with Gasteiger partial charge in [0.25, 0.3) is 5.91 Å². The van der Waals surface area contributed by atoms with E-state index in [9.17, 15) is 9.18 Å². The van der Waals surface area contributed by atoms with Crippen molar-refractivity contribution in [2.75, 3.05) is 0 Å². The van der Waals surface area contributed by atoms with Crippen molar-refractivity contribution in [3.63, 3.8) is 0 Å². The fourth-order valence-electron chi connectivity index (χ4n) is 3.15. The lowest BCUT2D eigenvalue weighted by Gasteiger charge is -2.34. The number of nitrogens with zero attached hydrogens (tertiary/aromatic N) is 2. The van der Waals surface area contributed by atoms with Crippen molar-refractivity contribution in [3.05, 3.63) is 39.9 Å². The molecule has 20 heavy (non-hydrogen) atoms. The minimum Gasteiger partial charge on any atom is -0.364 e. The highest BCUT2D eigenvalue weighted by molar-refractivity contribution is 9.10. The molecular formula is C14H11BrFN3O. The Labute approximate surface area is 122 Å². The van der Waals surface area contributed by atoms with Gasteiger partial charge in [-0.1, -0.05) is 0 Å². The Morgan fingerprint density at radius 3 is 2.90 bits per heavy atom. The standard InChI is InChI=1S/C14H11BrFN3O/c15-10-3-9-8(4-11(10)16)6-1-7(2-6)19-5-12(13(17)20)18-14(9)19/h3-7H,1-2H2,(H2,17,20). The van der Waals surface area contributed by atoms with Crippen LogP contribution in [0, 0.1) is 5.82 Å². The Morgan fingerprint density at radius 2 is 2.20 bits per heavy atom. The second kappa shape index (κ2) is 3.91. The predicted octanol–water partition coefficient (Wildman–Crippen LogP) is 2.98. The van der Waals surface area contributed by atoms with E-state index in [0.717, 1.165) is 24.0 Å². The number of benzene rings is 1. The molecule has 0 saturated heterocycles. The van der Waals surface area contributed by atoms with Gasteiger partial charge in [0, 0.05) is 17.8 Å². The molecule has 6 heteroatoms. The van der Waals surface area contributed by atoms with Crippen LogP contribution in [0.2, 0.25) is 0 Å². The van der Waals surface area contributed by atoms with Crippen molar-refractivity contribution in [2.24, 2.45) is 5.73 Å². The summed E-state index contributed by atoms with van der Waals surface area (Å²) in [4.78, 5) is 15.7. The third kappa shape index (κ3) is 1.51. The van der Waals surface area contributed by atoms with E-state index >= 15 is 0 Å². The molecule has 2 N–H and O–H groups in total. The largest absolute Gasteiger partial charge is 0.364 e. The summed E-state index contributed by atoms with van der Waals surface area (Å²) < 4.78 is 16.2. The second-order valence-corrected chi connectivity index (χ2v) is 6.25. The van der Waals surface area contributed by atoms with E-state index in [1.165, 1.54) is 0 Å². The summed E-state index contributed by atoms with van der Waals surface area (Å²) in [5, 5.41) is 0. The molecule has 0 radical (unpaired) electrons. The molecule has 1 fully saturated rings. The third-order valence-corrected chi connectivity index (χ3v) is 4.87. The highest BCUT2D eigenvalue weighted by atomic mass is 79.9. The molecule has 1 amide bonds. The lowest BCUT2D eigenvalue weighted by Crippen LogP contribution is -2.22. The fourth-order valence-corrected chi connectivity index (χ4v) is 3.50. The van der Waals surface area contributed by atoms with Gasteiger partial charge >= 0.3 is 0 Å². The normalized spacial score (nSPS) is 22.5. The van der Waals surface area contributed by atoms with Gasteiger partial charge in [0.15, 0.2) is 0 Å². The molecule has 1 saturated carbocycles. The maximum Gasteiger partial charge on any atom is 0.268 e. The number of rotatable bonds is 1. The molecule has 1 aromatic carbocycles. The number of amides is 1. The highest BCUT2D eigenvalue weighted by Gasteiger charge is 2.39. The SMILES string of the molecule is NC(=O)c1cn2c(n1)-c1cc(Br)c(F)cc1C1CC2C1. The maximum absolute atomic E-state index is 13.8. The van der Waals surface area contributed by atoms with Crippen molar-refractivity contribution in [1.29, 1.82) is 0 Å². The van der Waals surface area contributed by atoms with Gasteiger partial charge in [0.2, 0.25) is 0 Å². The number of halogens is 2. The first-order valence-corrected chi connectivity index (χ1v) is 7.22. The van der Waals surface area contributed by atoms with Crippen LogP contribution >= 0.6 is 15.9 Å². The fraction of sp³-hybridized carbons (Fsp3) is 0.286. The van der Waals surface area contributed by atoms with E-state index in [0.29, 0.717) is 22.3 Å². The zero-order chi connectivity index (χ0) is 14.0. The zero-order valence-corrected chi connectivity index (χ0v) is 12.0. The highest BCUT2D eigenvalue weighted by Crippen LogP contribution is 2.52. The number of carbonyl (C=O) groups excluding carboxylic acids is 1. The van der Waals surface area contributed by atoms with Crippen molar-refractivity contribution in [2.45, 2.75) is 24.8 Å².